The van der Waals surface area contributed by atoms with Crippen molar-refractivity contribution >= 4 is 21.6 Å². The fourth-order valence-corrected chi connectivity index (χ4v) is 2.25. The minimum atomic E-state index is 0.0668. The summed E-state index contributed by atoms with van der Waals surface area (Å²) in [7, 11) is 1.66. The number of methoxy groups -OCH3 is 1. The summed E-state index contributed by atoms with van der Waals surface area (Å²) in [5.41, 5.74) is 2.84. The van der Waals surface area contributed by atoms with Gasteiger partial charge in [-0.25, -0.2) is 0 Å². The molecule has 0 aliphatic carbocycles. The maximum Gasteiger partial charge on any atom is 0.121 e. The Kier molecular flexibility index (Phi) is 4.37. The lowest BCUT2D eigenvalue weighted by molar-refractivity contribution is 0.415. The van der Waals surface area contributed by atoms with Crippen molar-refractivity contribution in [2.45, 2.75) is 19.9 Å². The Bertz CT molecular complexity index is 574. The van der Waals surface area contributed by atoms with E-state index in [1.54, 1.807) is 19.5 Å². The molecule has 0 bridgehead atoms. The Morgan fingerprint density at radius 2 is 2.00 bits per heavy atom. The monoisotopic (exact) mass is 321 g/mol. The predicted molar refractivity (Wildman–Crippen MR) is 79.5 cm³/mol. The van der Waals surface area contributed by atoms with Gasteiger partial charge in [-0.15, -0.1) is 0 Å². The molecule has 1 unspecified atom stereocenters. The van der Waals surface area contributed by atoms with Gasteiger partial charge < -0.3 is 10.1 Å². The van der Waals surface area contributed by atoms with Crippen LogP contribution in [0.5, 0.6) is 5.75 Å². The first-order valence-electron chi connectivity index (χ1n) is 5.99. The van der Waals surface area contributed by atoms with E-state index in [4.69, 9.17) is 4.74 Å². The molecule has 0 aliphatic rings. The smallest absolute Gasteiger partial charge is 0.121 e. The number of ether oxygens (including phenoxy) is 1. The van der Waals surface area contributed by atoms with E-state index in [-0.39, 0.29) is 6.04 Å². The van der Waals surface area contributed by atoms with Crippen molar-refractivity contribution in [2.75, 3.05) is 12.4 Å². The van der Waals surface area contributed by atoms with Gasteiger partial charge in [-0.3, -0.25) is 9.97 Å². The summed E-state index contributed by atoms with van der Waals surface area (Å²) >= 11 is 3.53. The Balaban J connectivity index is 2.24. The third-order valence-electron chi connectivity index (χ3n) is 2.87. The van der Waals surface area contributed by atoms with Crippen LogP contribution in [-0.4, -0.2) is 17.1 Å². The minimum absolute atomic E-state index is 0.0668. The van der Waals surface area contributed by atoms with Gasteiger partial charge in [-0.2, -0.15) is 0 Å². The molecule has 1 aromatic heterocycles. The van der Waals surface area contributed by atoms with Crippen LogP contribution in [0.4, 0.5) is 5.69 Å². The molecule has 0 saturated carbocycles. The zero-order valence-corrected chi connectivity index (χ0v) is 12.7. The van der Waals surface area contributed by atoms with E-state index >= 15 is 0 Å². The van der Waals surface area contributed by atoms with Gasteiger partial charge in [0.25, 0.3) is 0 Å². The van der Waals surface area contributed by atoms with E-state index in [2.05, 4.69) is 38.1 Å². The molecule has 0 saturated heterocycles. The van der Waals surface area contributed by atoms with E-state index < -0.39 is 0 Å². The Morgan fingerprint density at radius 3 is 2.68 bits per heavy atom. The van der Waals surface area contributed by atoms with E-state index in [0.717, 1.165) is 27.3 Å². The van der Waals surface area contributed by atoms with Gasteiger partial charge in [0.15, 0.2) is 0 Å². The highest BCUT2D eigenvalue weighted by molar-refractivity contribution is 9.10. The molecule has 0 aliphatic heterocycles. The topological polar surface area (TPSA) is 47.0 Å². The minimum Gasteiger partial charge on any atom is -0.497 e. The van der Waals surface area contributed by atoms with E-state index in [9.17, 15) is 0 Å². The van der Waals surface area contributed by atoms with Crippen molar-refractivity contribution in [3.8, 4) is 5.75 Å². The summed E-state index contributed by atoms with van der Waals surface area (Å²) in [5.74, 6) is 0.814. The van der Waals surface area contributed by atoms with Crippen molar-refractivity contribution in [1.82, 2.24) is 9.97 Å². The number of hydrogen-bond donors (Lipinski definition) is 1. The first kappa shape index (κ1) is 13.8. The number of aryl methyl sites for hydroxylation is 1. The lowest BCUT2D eigenvalue weighted by atomic mass is 10.1. The Morgan fingerprint density at radius 1 is 1.26 bits per heavy atom. The second-order valence-electron chi connectivity index (χ2n) is 4.24. The average Bonchev–Trinajstić information content (AvgIpc) is 2.41. The van der Waals surface area contributed by atoms with Crippen molar-refractivity contribution in [1.29, 1.82) is 0 Å². The van der Waals surface area contributed by atoms with Gasteiger partial charge in [0.1, 0.15) is 5.75 Å². The normalized spacial score (nSPS) is 12.0. The van der Waals surface area contributed by atoms with Gasteiger partial charge in [-0.1, -0.05) is 0 Å². The number of halogens is 1. The fraction of sp³-hybridized carbons (Fsp3) is 0.286. The van der Waals surface area contributed by atoms with Crippen LogP contribution in [0.2, 0.25) is 0 Å². The van der Waals surface area contributed by atoms with Gasteiger partial charge in [-0.05, 0) is 41.9 Å². The Hall–Kier alpha value is -1.62. The number of nitrogens with one attached hydrogen (secondary N) is 1. The summed E-state index contributed by atoms with van der Waals surface area (Å²) in [6, 6.07) is 5.88. The quantitative estimate of drug-likeness (QED) is 0.932. The molecule has 0 radical (unpaired) electrons. The zero-order valence-electron chi connectivity index (χ0n) is 11.1. The maximum atomic E-state index is 5.23. The molecule has 0 fully saturated rings. The first-order valence-corrected chi connectivity index (χ1v) is 6.78. The summed E-state index contributed by atoms with van der Waals surface area (Å²) in [4.78, 5) is 8.63. The number of hydrogen-bond acceptors (Lipinski definition) is 4. The van der Waals surface area contributed by atoms with Crippen LogP contribution in [0.1, 0.15) is 24.4 Å². The van der Waals surface area contributed by atoms with Gasteiger partial charge in [0.2, 0.25) is 0 Å². The van der Waals surface area contributed by atoms with Crippen molar-refractivity contribution in [2.24, 2.45) is 0 Å². The van der Waals surface area contributed by atoms with Crippen molar-refractivity contribution in [3.63, 3.8) is 0 Å². The number of nitrogens with zero attached hydrogens (tertiary/aromatic N) is 2. The molecule has 2 rings (SSSR count). The summed E-state index contributed by atoms with van der Waals surface area (Å²) in [6.07, 6.45) is 3.41. The second kappa shape index (κ2) is 6.02. The number of benzene rings is 1. The average molecular weight is 322 g/mol. The third kappa shape index (κ3) is 3.23. The standard InChI is InChI=1S/C14H16BrN3O/c1-9-14(17-7-6-16-9)10(2)18-13-8-11(19-3)4-5-12(13)15/h4-8,10,18H,1-3H3. The molecule has 1 aromatic carbocycles. The van der Waals surface area contributed by atoms with Crippen LogP contribution < -0.4 is 10.1 Å². The first-order chi connectivity index (χ1) is 9.11. The molecule has 19 heavy (non-hydrogen) atoms. The van der Waals surface area contributed by atoms with E-state index in [1.165, 1.54) is 0 Å². The predicted octanol–water partition coefficient (Wildman–Crippen LogP) is 3.73. The molecule has 100 valence electrons. The zero-order chi connectivity index (χ0) is 13.8. The molecule has 0 spiro atoms. The van der Waals surface area contributed by atoms with Crippen molar-refractivity contribution < 1.29 is 4.74 Å². The molecule has 1 heterocycles. The number of aromatic nitrogens is 2. The number of rotatable bonds is 4. The van der Waals surface area contributed by atoms with Crippen LogP contribution in [0.15, 0.2) is 35.1 Å². The van der Waals surface area contributed by atoms with Gasteiger partial charge in [0.05, 0.1) is 30.2 Å². The molecular formula is C14H16BrN3O. The summed E-state index contributed by atoms with van der Waals surface area (Å²) in [6.45, 7) is 4.02. The molecule has 0 amide bonds. The van der Waals surface area contributed by atoms with Crippen LogP contribution in [-0.2, 0) is 0 Å². The molecule has 4 nitrogen and oxygen atoms in total. The summed E-state index contributed by atoms with van der Waals surface area (Å²) < 4.78 is 6.22. The molecule has 1 N–H and O–H groups in total. The molecule has 1 atom stereocenters. The summed E-state index contributed by atoms with van der Waals surface area (Å²) in [5, 5.41) is 3.41. The third-order valence-corrected chi connectivity index (χ3v) is 3.57. The highest BCUT2D eigenvalue weighted by Crippen LogP contribution is 2.30. The number of anilines is 1. The van der Waals surface area contributed by atoms with Crippen LogP contribution in [0, 0.1) is 6.92 Å². The van der Waals surface area contributed by atoms with Crippen LogP contribution in [0.3, 0.4) is 0 Å². The second-order valence-corrected chi connectivity index (χ2v) is 5.09. The van der Waals surface area contributed by atoms with E-state index in [1.807, 2.05) is 25.1 Å². The lowest BCUT2D eigenvalue weighted by Gasteiger charge is -2.17. The van der Waals surface area contributed by atoms with Gasteiger partial charge in [0, 0.05) is 22.9 Å². The molecule has 5 heteroatoms. The maximum absolute atomic E-state index is 5.23. The highest BCUT2D eigenvalue weighted by atomic mass is 79.9. The van der Waals surface area contributed by atoms with Crippen molar-refractivity contribution in [3.05, 3.63) is 46.5 Å². The fourth-order valence-electron chi connectivity index (χ4n) is 1.89. The largest absolute Gasteiger partial charge is 0.497 e. The Labute approximate surface area is 121 Å². The highest BCUT2D eigenvalue weighted by Gasteiger charge is 2.12. The SMILES string of the molecule is COc1ccc(Br)c(NC(C)c2nccnc2C)c1. The van der Waals surface area contributed by atoms with Gasteiger partial charge >= 0.3 is 0 Å². The molecule has 2 aromatic rings. The lowest BCUT2D eigenvalue weighted by Crippen LogP contribution is -2.11. The molecular weight excluding hydrogens is 306 g/mol. The van der Waals surface area contributed by atoms with Crippen LogP contribution in [0.25, 0.3) is 0 Å². The van der Waals surface area contributed by atoms with E-state index in [0.29, 0.717) is 0 Å². The van der Waals surface area contributed by atoms with Crippen LogP contribution >= 0.6 is 15.9 Å².